The van der Waals surface area contributed by atoms with Crippen LogP contribution in [0.15, 0.2) is 24.3 Å². The molecule has 0 unspecified atom stereocenters. The molecule has 1 rings (SSSR count). The molecule has 0 atom stereocenters. The Balaban J connectivity index is 2.41. The third-order valence-electron chi connectivity index (χ3n) is 3.66. The van der Waals surface area contributed by atoms with Gasteiger partial charge < -0.3 is 15.0 Å². The number of amides is 2. The van der Waals surface area contributed by atoms with Gasteiger partial charge in [-0.1, -0.05) is 18.2 Å². The third-order valence-corrected chi connectivity index (χ3v) is 3.66. The zero-order valence-corrected chi connectivity index (χ0v) is 14.8. The van der Waals surface area contributed by atoms with Gasteiger partial charge in [0.2, 0.25) is 11.8 Å². The second kappa shape index (κ2) is 8.56. The zero-order valence-electron chi connectivity index (χ0n) is 14.8. The van der Waals surface area contributed by atoms with Crippen LogP contribution in [0.4, 0.5) is 0 Å². The summed E-state index contributed by atoms with van der Waals surface area (Å²) in [6.07, 6.45) is 1.02. The molecule has 0 aliphatic carbocycles. The SMILES string of the molecule is COc1ccccc1CCNC(=O)CCN(C(C)=O)C(C)(C)C. The molecule has 0 bridgehead atoms. The van der Waals surface area contributed by atoms with Crippen LogP contribution in [0, 0.1) is 0 Å². The molecule has 5 nitrogen and oxygen atoms in total. The number of para-hydroxylation sites is 1. The molecule has 1 aromatic rings. The smallest absolute Gasteiger partial charge is 0.221 e. The van der Waals surface area contributed by atoms with Gasteiger partial charge in [-0.15, -0.1) is 0 Å². The summed E-state index contributed by atoms with van der Waals surface area (Å²) in [5, 5.41) is 2.90. The molecule has 2 amide bonds. The van der Waals surface area contributed by atoms with Crippen LogP contribution in [-0.4, -0.2) is 42.5 Å². The minimum atomic E-state index is -0.274. The van der Waals surface area contributed by atoms with Crippen molar-refractivity contribution in [2.45, 2.75) is 46.1 Å². The number of carbonyl (C=O) groups is 2. The fraction of sp³-hybridized carbons (Fsp3) is 0.556. The van der Waals surface area contributed by atoms with Crippen LogP contribution < -0.4 is 10.1 Å². The molecule has 0 fully saturated rings. The summed E-state index contributed by atoms with van der Waals surface area (Å²) < 4.78 is 5.29. The minimum absolute atomic E-state index is 0.0145. The number of methoxy groups -OCH3 is 1. The van der Waals surface area contributed by atoms with Crippen molar-refractivity contribution >= 4 is 11.8 Å². The Morgan fingerprint density at radius 2 is 1.87 bits per heavy atom. The number of rotatable bonds is 7. The van der Waals surface area contributed by atoms with Gasteiger partial charge in [0.25, 0.3) is 0 Å². The second-order valence-corrected chi connectivity index (χ2v) is 6.50. The Morgan fingerprint density at radius 1 is 1.22 bits per heavy atom. The first kappa shape index (κ1) is 19.0. The molecule has 0 spiro atoms. The van der Waals surface area contributed by atoms with E-state index in [4.69, 9.17) is 4.74 Å². The van der Waals surface area contributed by atoms with Gasteiger partial charge in [-0.05, 0) is 38.8 Å². The van der Waals surface area contributed by atoms with Crippen LogP contribution in [0.2, 0.25) is 0 Å². The Hall–Kier alpha value is -2.04. The third kappa shape index (κ3) is 6.30. The normalized spacial score (nSPS) is 11.0. The molecule has 23 heavy (non-hydrogen) atoms. The predicted molar refractivity (Wildman–Crippen MR) is 91.5 cm³/mol. The van der Waals surface area contributed by atoms with E-state index in [-0.39, 0.29) is 17.4 Å². The van der Waals surface area contributed by atoms with Gasteiger partial charge in [0.15, 0.2) is 0 Å². The van der Waals surface area contributed by atoms with Crippen LogP contribution in [0.1, 0.15) is 39.7 Å². The molecule has 0 aliphatic rings. The average molecular weight is 320 g/mol. The number of hydrogen-bond donors (Lipinski definition) is 1. The van der Waals surface area contributed by atoms with Crippen LogP contribution in [0.5, 0.6) is 5.75 Å². The lowest BCUT2D eigenvalue weighted by Gasteiger charge is -2.34. The Bertz CT molecular complexity index is 535. The summed E-state index contributed by atoms with van der Waals surface area (Å²) in [6.45, 7) is 8.41. The molecule has 1 N–H and O–H groups in total. The van der Waals surface area contributed by atoms with Gasteiger partial charge >= 0.3 is 0 Å². The lowest BCUT2D eigenvalue weighted by molar-refractivity contribution is -0.134. The molecule has 0 heterocycles. The highest BCUT2D eigenvalue weighted by Crippen LogP contribution is 2.17. The molecule has 128 valence electrons. The van der Waals surface area contributed by atoms with E-state index in [1.165, 1.54) is 6.92 Å². The lowest BCUT2D eigenvalue weighted by atomic mass is 10.1. The first-order valence-corrected chi connectivity index (χ1v) is 7.92. The van der Waals surface area contributed by atoms with Gasteiger partial charge in [0, 0.05) is 32.0 Å². The maximum atomic E-state index is 12.0. The minimum Gasteiger partial charge on any atom is -0.496 e. The molecule has 0 radical (unpaired) electrons. The number of carbonyl (C=O) groups excluding carboxylic acids is 2. The lowest BCUT2D eigenvalue weighted by Crippen LogP contribution is -2.46. The second-order valence-electron chi connectivity index (χ2n) is 6.50. The van der Waals surface area contributed by atoms with Crippen molar-refractivity contribution in [2.24, 2.45) is 0 Å². The highest BCUT2D eigenvalue weighted by atomic mass is 16.5. The summed E-state index contributed by atoms with van der Waals surface area (Å²) in [6, 6.07) is 7.77. The first-order valence-electron chi connectivity index (χ1n) is 7.92. The van der Waals surface area contributed by atoms with E-state index in [0.29, 0.717) is 25.9 Å². The van der Waals surface area contributed by atoms with Crippen molar-refractivity contribution < 1.29 is 14.3 Å². The van der Waals surface area contributed by atoms with E-state index in [0.717, 1.165) is 11.3 Å². The van der Waals surface area contributed by atoms with Gasteiger partial charge in [-0.2, -0.15) is 0 Å². The molecule has 0 aromatic heterocycles. The number of nitrogens with one attached hydrogen (secondary N) is 1. The van der Waals surface area contributed by atoms with Crippen LogP contribution in [0.25, 0.3) is 0 Å². The number of hydrogen-bond acceptors (Lipinski definition) is 3. The van der Waals surface area contributed by atoms with Gasteiger partial charge in [-0.25, -0.2) is 0 Å². The Morgan fingerprint density at radius 3 is 2.43 bits per heavy atom. The summed E-state index contributed by atoms with van der Waals surface area (Å²) in [7, 11) is 1.64. The molecule has 0 saturated heterocycles. The van der Waals surface area contributed by atoms with Crippen molar-refractivity contribution in [3.05, 3.63) is 29.8 Å². The number of nitrogens with zero attached hydrogens (tertiary/aromatic N) is 1. The summed E-state index contributed by atoms with van der Waals surface area (Å²) in [4.78, 5) is 25.3. The first-order chi connectivity index (χ1) is 10.8. The van der Waals surface area contributed by atoms with Gasteiger partial charge in [-0.3, -0.25) is 9.59 Å². The molecular weight excluding hydrogens is 292 g/mol. The fourth-order valence-electron chi connectivity index (χ4n) is 2.51. The van der Waals surface area contributed by atoms with Crippen LogP contribution in [0.3, 0.4) is 0 Å². The zero-order chi connectivity index (χ0) is 17.5. The van der Waals surface area contributed by atoms with E-state index < -0.39 is 0 Å². The van der Waals surface area contributed by atoms with Crippen molar-refractivity contribution in [3.63, 3.8) is 0 Å². The van der Waals surface area contributed by atoms with Crippen molar-refractivity contribution in [3.8, 4) is 5.75 Å². The average Bonchev–Trinajstić information content (AvgIpc) is 2.46. The number of benzene rings is 1. The van der Waals surface area contributed by atoms with E-state index >= 15 is 0 Å². The molecule has 0 aliphatic heterocycles. The summed E-state index contributed by atoms with van der Waals surface area (Å²) in [5.74, 6) is 0.770. The Labute approximate surface area is 139 Å². The highest BCUT2D eigenvalue weighted by Gasteiger charge is 2.23. The van der Waals surface area contributed by atoms with Crippen molar-refractivity contribution in [1.82, 2.24) is 10.2 Å². The topological polar surface area (TPSA) is 58.6 Å². The van der Waals surface area contributed by atoms with Crippen molar-refractivity contribution in [2.75, 3.05) is 20.2 Å². The largest absolute Gasteiger partial charge is 0.496 e. The summed E-state index contributed by atoms with van der Waals surface area (Å²) >= 11 is 0. The van der Waals surface area contributed by atoms with E-state index in [9.17, 15) is 9.59 Å². The van der Waals surface area contributed by atoms with E-state index in [1.807, 2.05) is 45.0 Å². The standard InChI is InChI=1S/C18H28N2O3/c1-14(21)20(18(2,3)4)13-11-17(22)19-12-10-15-8-6-7-9-16(15)23-5/h6-9H,10-13H2,1-5H3,(H,19,22). The molecule has 0 saturated carbocycles. The van der Waals surface area contributed by atoms with E-state index in [2.05, 4.69) is 5.32 Å². The number of ether oxygens (including phenoxy) is 1. The maximum Gasteiger partial charge on any atom is 0.221 e. The maximum absolute atomic E-state index is 12.0. The van der Waals surface area contributed by atoms with E-state index in [1.54, 1.807) is 12.0 Å². The summed E-state index contributed by atoms with van der Waals surface area (Å²) in [5.41, 5.74) is 0.791. The molecule has 1 aromatic carbocycles. The van der Waals surface area contributed by atoms with Gasteiger partial charge in [0.1, 0.15) is 5.75 Å². The van der Waals surface area contributed by atoms with Gasteiger partial charge in [0.05, 0.1) is 7.11 Å². The predicted octanol–water partition coefficient (Wildman–Crippen LogP) is 2.39. The monoisotopic (exact) mass is 320 g/mol. The van der Waals surface area contributed by atoms with Crippen LogP contribution >= 0.6 is 0 Å². The quantitative estimate of drug-likeness (QED) is 0.839. The van der Waals surface area contributed by atoms with Crippen LogP contribution in [-0.2, 0) is 16.0 Å². The van der Waals surface area contributed by atoms with Crippen molar-refractivity contribution in [1.29, 1.82) is 0 Å². The molecular formula is C18H28N2O3. The Kier molecular flexibility index (Phi) is 7.07. The fourth-order valence-corrected chi connectivity index (χ4v) is 2.51. The highest BCUT2D eigenvalue weighted by molar-refractivity contribution is 5.78. The molecule has 5 heteroatoms.